The smallest absolute Gasteiger partial charge is 0.340 e. The highest BCUT2D eigenvalue weighted by Crippen LogP contribution is 2.61. The van der Waals surface area contributed by atoms with Crippen LogP contribution in [-0.2, 0) is 28.3 Å². The van der Waals surface area contributed by atoms with Crippen molar-refractivity contribution in [2.75, 3.05) is 85.1 Å². The highest BCUT2D eigenvalue weighted by atomic mass is 31.2. The lowest BCUT2D eigenvalue weighted by atomic mass is 10.3. The summed E-state index contributed by atoms with van der Waals surface area (Å²) in [6, 6.07) is 0. The van der Waals surface area contributed by atoms with Crippen LogP contribution in [-0.4, -0.2) is 169 Å². The molecule has 0 unspecified atom stereocenters. The molecule has 0 aromatic carbocycles. The van der Waals surface area contributed by atoms with E-state index in [4.69, 9.17) is 0 Å². The minimum absolute atomic E-state index is 0.175. The number of carboxylic acid groups (broad SMARTS) is 3. The highest BCUT2D eigenvalue weighted by Gasteiger charge is 2.42. The van der Waals surface area contributed by atoms with Crippen LogP contribution in [0.2, 0.25) is 0 Å². The third-order valence-corrected chi connectivity index (χ3v) is 9.75. The van der Waals surface area contributed by atoms with Crippen molar-refractivity contribution in [3.63, 3.8) is 0 Å². The third kappa shape index (κ3) is 15.4. The Balaban J connectivity index is 2.93. The van der Waals surface area contributed by atoms with E-state index in [1.54, 1.807) is 19.6 Å². The van der Waals surface area contributed by atoms with Gasteiger partial charge >= 0.3 is 33.1 Å². The van der Waals surface area contributed by atoms with Gasteiger partial charge in [-0.3, -0.25) is 47.9 Å². The average Bonchev–Trinajstić information content (AvgIpc) is 2.75. The molecule has 8 N–H and O–H groups in total. The molecule has 0 atom stereocenters. The maximum atomic E-state index is 12.5. The molecule has 0 bridgehead atoms. The van der Waals surface area contributed by atoms with Crippen molar-refractivity contribution in [3.8, 4) is 0 Å². The quantitative estimate of drug-likeness (QED) is 0.0953. The molecular formula is C19H37N5O13P2. The number of aliphatic carboxylic acids is 3. The van der Waals surface area contributed by atoms with Crippen LogP contribution in [0.25, 0.3) is 0 Å². The monoisotopic (exact) mass is 605 g/mol. The van der Waals surface area contributed by atoms with Gasteiger partial charge in [-0.15, -0.1) is 0 Å². The Bertz CT molecular complexity index is 889. The highest BCUT2D eigenvalue weighted by molar-refractivity contribution is 7.70. The van der Waals surface area contributed by atoms with Gasteiger partial charge in [-0.1, -0.05) is 0 Å². The molecule has 0 aliphatic carbocycles. The van der Waals surface area contributed by atoms with Crippen molar-refractivity contribution in [2.24, 2.45) is 0 Å². The van der Waals surface area contributed by atoms with E-state index in [2.05, 4.69) is 5.32 Å². The molecule has 0 saturated carbocycles. The average molecular weight is 605 g/mol. The van der Waals surface area contributed by atoms with Crippen LogP contribution in [0.5, 0.6) is 0 Å². The number of carbonyl (C=O) groups is 4. The minimum Gasteiger partial charge on any atom is -0.480 e. The number of rotatable bonds is 13. The predicted octanol–water partition coefficient (Wildman–Crippen LogP) is -3.35. The minimum atomic E-state index is -5.14. The maximum Gasteiger partial charge on any atom is 0.340 e. The molecule has 0 spiro atoms. The first-order chi connectivity index (χ1) is 18.0. The Morgan fingerprint density at radius 1 is 0.590 bits per heavy atom. The first-order valence-electron chi connectivity index (χ1n) is 11.9. The zero-order valence-electron chi connectivity index (χ0n) is 21.2. The van der Waals surface area contributed by atoms with Gasteiger partial charge in [-0.2, -0.15) is 0 Å². The molecule has 39 heavy (non-hydrogen) atoms. The maximum absolute atomic E-state index is 12.5. The number of hydrogen-bond acceptors (Lipinski definition) is 10. The summed E-state index contributed by atoms with van der Waals surface area (Å²) in [5.74, 6) is -3.91. The summed E-state index contributed by atoms with van der Waals surface area (Å²) in [5.41, 5.74) is 0. The van der Waals surface area contributed by atoms with Crippen molar-refractivity contribution in [1.29, 1.82) is 0 Å². The molecule has 1 aliphatic heterocycles. The van der Waals surface area contributed by atoms with Gasteiger partial charge in [0.25, 0.3) is 0 Å². The van der Waals surface area contributed by atoms with Gasteiger partial charge in [-0.05, 0) is 6.42 Å². The summed E-state index contributed by atoms with van der Waals surface area (Å²) in [7, 11) is -10.3. The van der Waals surface area contributed by atoms with E-state index < -0.39 is 57.4 Å². The molecule has 18 nitrogen and oxygen atoms in total. The number of carboxylic acids is 3. The molecule has 1 rings (SSSR count). The predicted molar refractivity (Wildman–Crippen MR) is 134 cm³/mol. The summed E-state index contributed by atoms with van der Waals surface area (Å²) in [5, 5.41) is 27.8. The normalized spacial score (nSPS) is 18.3. The van der Waals surface area contributed by atoms with Crippen molar-refractivity contribution in [2.45, 2.75) is 11.8 Å². The molecule has 20 heteroatoms. The summed E-state index contributed by atoms with van der Waals surface area (Å²) < 4.78 is 22.8. The second-order valence-electron chi connectivity index (χ2n) is 9.08. The molecule has 1 saturated heterocycles. The van der Waals surface area contributed by atoms with E-state index in [0.29, 0.717) is 0 Å². The van der Waals surface area contributed by atoms with Crippen molar-refractivity contribution in [1.82, 2.24) is 24.9 Å². The largest absolute Gasteiger partial charge is 0.480 e. The van der Waals surface area contributed by atoms with Crippen molar-refractivity contribution in [3.05, 3.63) is 0 Å². The first kappa shape index (κ1) is 35.0. The van der Waals surface area contributed by atoms with Crippen LogP contribution in [0.15, 0.2) is 0 Å². The van der Waals surface area contributed by atoms with Gasteiger partial charge in [0.05, 0.1) is 26.2 Å². The van der Waals surface area contributed by atoms with E-state index in [9.17, 15) is 63.2 Å². The van der Waals surface area contributed by atoms with Gasteiger partial charge < -0.3 is 40.2 Å². The van der Waals surface area contributed by atoms with E-state index >= 15 is 0 Å². The van der Waals surface area contributed by atoms with E-state index in [-0.39, 0.29) is 78.5 Å². The molecule has 1 fully saturated rings. The van der Waals surface area contributed by atoms with Gasteiger partial charge in [0.1, 0.15) is 0 Å². The second-order valence-corrected chi connectivity index (χ2v) is 13.1. The van der Waals surface area contributed by atoms with Crippen LogP contribution in [0.4, 0.5) is 0 Å². The van der Waals surface area contributed by atoms with Gasteiger partial charge in [-0.25, -0.2) is 0 Å². The van der Waals surface area contributed by atoms with Crippen molar-refractivity contribution >= 4 is 39.0 Å². The van der Waals surface area contributed by atoms with Crippen LogP contribution < -0.4 is 5.32 Å². The standard InChI is InChI=1S/C19H37N5O13P2/c25-15(20-2-1-19(38(32,33)34)39(35,36)37)11-21-3-5-22(12-16(26)27)7-9-24(14-18(30)31)10-8-23(6-4-21)13-17(28)29/h19H,1-14H2,(H,20,25)(H,26,27)(H,28,29)(H,30,31)(H2,32,33,34)(H2,35,36,37). The van der Waals surface area contributed by atoms with Crippen molar-refractivity contribution < 1.29 is 63.2 Å². The lowest BCUT2D eigenvalue weighted by molar-refractivity contribution is -0.140. The molecule has 1 amide bonds. The van der Waals surface area contributed by atoms with Crippen LogP contribution in [0.1, 0.15) is 6.42 Å². The fraction of sp³-hybridized carbons (Fsp3) is 0.789. The SMILES string of the molecule is O=C(O)CN1CCN(CC(=O)O)CCN(CC(=O)NCCC(P(=O)(O)O)P(=O)(O)O)CCN(CC(=O)O)CC1. The zero-order valence-corrected chi connectivity index (χ0v) is 23.0. The molecule has 0 radical (unpaired) electrons. The van der Waals surface area contributed by atoms with Crippen LogP contribution in [0.3, 0.4) is 0 Å². The number of hydrogen-bond donors (Lipinski definition) is 8. The molecule has 1 aliphatic rings. The Morgan fingerprint density at radius 2 is 0.872 bits per heavy atom. The fourth-order valence-corrected chi connectivity index (χ4v) is 6.42. The third-order valence-electron chi connectivity index (χ3n) is 5.87. The topological polar surface area (TPSA) is 269 Å². The Kier molecular flexibility index (Phi) is 14.7. The summed E-state index contributed by atoms with van der Waals surface area (Å²) >= 11 is 0. The number of nitrogens with zero attached hydrogens (tertiary/aromatic N) is 4. The second kappa shape index (κ2) is 16.3. The van der Waals surface area contributed by atoms with Gasteiger partial charge in [0.2, 0.25) is 5.91 Å². The number of carbonyl (C=O) groups excluding carboxylic acids is 1. The Morgan fingerprint density at radius 3 is 1.13 bits per heavy atom. The van der Waals surface area contributed by atoms with Gasteiger partial charge in [0, 0.05) is 58.9 Å². The molecule has 0 aromatic rings. The fourth-order valence-electron chi connectivity index (χ4n) is 3.92. The van der Waals surface area contributed by atoms with E-state index in [0.717, 1.165) is 0 Å². The lowest BCUT2D eigenvalue weighted by Gasteiger charge is -2.32. The van der Waals surface area contributed by atoms with Crippen LogP contribution in [0, 0.1) is 0 Å². The Hall–Kier alpha value is -1.98. The molecule has 0 aromatic heterocycles. The first-order valence-corrected chi connectivity index (χ1v) is 15.3. The Labute approximate surface area is 224 Å². The summed E-state index contributed by atoms with van der Waals surface area (Å²) in [6.45, 7) is -0.141. The van der Waals surface area contributed by atoms with Crippen LogP contribution >= 0.6 is 15.2 Å². The van der Waals surface area contributed by atoms with Gasteiger partial charge in [0.15, 0.2) is 5.40 Å². The molecule has 1 heterocycles. The lowest BCUT2D eigenvalue weighted by Crippen LogP contribution is -2.49. The number of nitrogens with one attached hydrogen (secondary N) is 1. The summed E-state index contributed by atoms with van der Waals surface area (Å²) in [6.07, 6.45) is -0.675. The number of amides is 1. The van der Waals surface area contributed by atoms with E-state index in [1.165, 1.54) is 0 Å². The molecule has 226 valence electrons. The molecular weight excluding hydrogens is 568 g/mol. The zero-order chi connectivity index (χ0) is 29.8. The summed E-state index contributed by atoms with van der Waals surface area (Å²) in [4.78, 5) is 89.5. The van der Waals surface area contributed by atoms with E-state index in [1.807, 2.05) is 0 Å².